The molecule has 16 heavy (non-hydrogen) atoms. The largest absolute Gasteiger partial charge is 0.493 e. The van der Waals surface area contributed by atoms with Crippen molar-refractivity contribution < 1.29 is 27.4 Å². The van der Waals surface area contributed by atoms with Crippen molar-refractivity contribution >= 4 is 11.7 Å². The fourth-order valence-corrected chi connectivity index (χ4v) is 1.13. The van der Waals surface area contributed by atoms with Gasteiger partial charge in [0.15, 0.2) is 17.4 Å². The van der Waals surface area contributed by atoms with Gasteiger partial charge in [-0.05, 0) is 0 Å². The van der Waals surface area contributed by atoms with Crippen molar-refractivity contribution in [2.45, 2.75) is 0 Å². The molecular weight excluding hydrogens is 227 g/mol. The minimum atomic E-state index is -1.61. The van der Waals surface area contributed by atoms with E-state index in [-0.39, 0.29) is 0 Å². The molecule has 0 spiro atoms. The van der Waals surface area contributed by atoms with Crippen LogP contribution >= 0.6 is 0 Å². The van der Waals surface area contributed by atoms with E-state index in [1.165, 1.54) is 0 Å². The van der Waals surface area contributed by atoms with Crippen LogP contribution in [0.4, 0.5) is 18.9 Å². The number of hydrogen-bond acceptors (Lipinski definition) is 4. The van der Waals surface area contributed by atoms with Crippen LogP contribution in [0.15, 0.2) is 0 Å². The predicted octanol–water partition coefficient (Wildman–Crippen LogP) is 1.48. The minimum Gasteiger partial charge on any atom is -0.493 e. The van der Waals surface area contributed by atoms with Crippen LogP contribution in [0, 0.1) is 17.5 Å². The van der Waals surface area contributed by atoms with Crippen LogP contribution in [0.5, 0.6) is 5.75 Å². The number of carbonyl (C=O) groups excluding carboxylic acids is 1. The number of halogens is 3. The highest BCUT2D eigenvalue weighted by molar-refractivity contribution is 5.94. The third-order valence-electron chi connectivity index (χ3n) is 1.91. The maximum Gasteiger partial charge on any atom is 0.344 e. The van der Waals surface area contributed by atoms with E-state index in [1.54, 1.807) is 0 Å². The lowest BCUT2D eigenvalue weighted by Crippen LogP contribution is -2.13. The number of nitrogen functional groups attached to an aromatic ring is 1. The zero-order valence-electron chi connectivity index (χ0n) is 8.44. The smallest absolute Gasteiger partial charge is 0.344 e. The maximum absolute atomic E-state index is 13.4. The molecule has 0 aliphatic rings. The zero-order chi connectivity index (χ0) is 12.5. The molecule has 0 amide bonds. The van der Waals surface area contributed by atoms with Crippen LogP contribution in [0.25, 0.3) is 0 Å². The van der Waals surface area contributed by atoms with Gasteiger partial charge in [-0.25, -0.2) is 13.6 Å². The van der Waals surface area contributed by atoms with Crippen molar-refractivity contribution in [1.82, 2.24) is 0 Å². The van der Waals surface area contributed by atoms with E-state index in [0.717, 1.165) is 14.2 Å². The highest BCUT2D eigenvalue weighted by Crippen LogP contribution is 2.32. The molecule has 88 valence electrons. The quantitative estimate of drug-likeness (QED) is 0.479. The van der Waals surface area contributed by atoms with Crippen LogP contribution < -0.4 is 10.5 Å². The van der Waals surface area contributed by atoms with Gasteiger partial charge in [0.25, 0.3) is 0 Å². The molecule has 1 rings (SSSR count). The van der Waals surface area contributed by atoms with Crippen molar-refractivity contribution in [2.24, 2.45) is 0 Å². The summed E-state index contributed by atoms with van der Waals surface area (Å²) in [5, 5.41) is 0. The maximum atomic E-state index is 13.4. The van der Waals surface area contributed by atoms with Crippen LogP contribution in [0.3, 0.4) is 0 Å². The Labute approximate surface area is 88.8 Å². The third-order valence-corrected chi connectivity index (χ3v) is 1.91. The first kappa shape index (κ1) is 12.2. The van der Waals surface area contributed by atoms with Gasteiger partial charge in [0.05, 0.1) is 14.2 Å². The summed E-state index contributed by atoms with van der Waals surface area (Å²) < 4.78 is 48.3. The molecule has 7 heteroatoms. The third kappa shape index (κ3) is 1.64. The van der Waals surface area contributed by atoms with E-state index in [4.69, 9.17) is 5.73 Å². The van der Waals surface area contributed by atoms with Gasteiger partial charge in [0.2, 0.25) is 5.82 Å². The molecule has 1 aromatic carbocycles. The van der Waals surface area contributed by atoms with Gasteiger partial charge in [0.1, 0.15) is 11.3 Å². The summed E-state index contributed by atoms with van der Waals surface area (Å²) in [5.41, 5.74) is 2.97. The molecule has 0 fully saturated rings. The van der Waals surface area contributed by atoms with Crippen molar-refractivity contribution in [3.8, 4) is 5.75 Å². The molecule has 0 atom stereocenters. The number of benzene rings is 1. The van der Waals surface area contributed by atoms with E-state index in [2.05, 4.69) is 9.47 Å². The monoisotopic (exact) mass is 235 g/mol. The number of hydrogen-bond donors (Lipinski definition) is 1. The second kappa shape index (κ2) is 4.30. The van der Waals surface area contributed by atoms with Gasteiger partial charge in [-0.15, -0.1) is 0 Å². The number of esters is 1. The van der Waals surface area contributed by atoms with Gasteiger partial charge in [-0.1, -0.05) is 0 Å². The molecule has 0 saturated heterocycles. The average Bonchev–Trinajstić information content (AvgIpc) is 2.29. The Kier molecular flexibility index (Phi) is 3.26. The SMILES string of the molecule is COC(=O)c1c(F)c(N)c(F)c(F)c1OC. The van der Waals surface area contributed by atoms with Gasteiger partial charge in [-0.2, -0.15) is 4.39 Å². The Morgan fingerprint density at radius 2 is 1.69 bits per heavy atom. The number of rotatable bonds is 2. The molecule has 0 aromatic heterocycles. The summed E-state index contributed by atoms with van der Waals surface area (Å²) in [6.45, 7) is 0. The van der Waals surface area contributed by atoms with Crippen molar-refractivity contribution in [1.29, 1.82) is 0 Å². The van der Waals surface area contributed by atoms with Crippen LogP contribution in [0.2, 0.25) is 0 Å². The Morgan fingerprint density at radius 1 is 1.12 bits per heavy atom. The number of nitrogens with two attached hydrogens (primary N) is 1. The summed E-state index contributed by atoms with van der Waals surface area (Å²) in [7, 11) is 1.92. The topological polar surface area (TPSA) is 61.5 Å². The van der Waals surface area contributed by atoms with E-state index in [1.807, 2.05) is 0 Å². The molecule has 0 heterocycles. The Morgan fingerprint density at radius 3 is 2.12 bits per heavy atom. The van der Waals surface area contributed by atoms with Gasteiger partial charge >= 0.3 is 5.97 Å². The summed E-state index contributed by atoms with van der Waals surface area (Å²) >= 11 is 0. The molecule has 0 aliphatic heterocycles. The van der Waals surface area contributed by atoms with E-state index in [9.17, 15) is 18.0 Å². The molecule has 0 radical (unpaired) electrons. The summed E-state index contributed by atoms with van der Waals surface area (Å²) in [5.74, 6) is -6.65. The lowest BCUT2D eigenvalue weighted by molar-refractivity contribution is 0.0590. The summed E-state index contributed by atoms with van der Waals surface area (Å²) in [6.07, 6.45) is 0. The number of ether oxygens (including phenoxy) is 2. The van der Waals surface area contributed by atoms with E-state index in [0.29, 0.717) is 0 Å². The Balaban J connectivity index is 3.64. The fourth-order valence-electron chi connectivity index (χ4n) is 1.13. The molecule has 1 aromatic rings. The summed E-state index contributed by atoms with van der Waals surface area (Å²) in [4.78, 5) is 11.1. The van der Waals surface area contributed by atoms with E-state index < -0.39 is 40.4 Å². The van der Waals surface area contributed by atoms with Gasteiger partial charge in [0, 0.05) is 0 Å². The highest BCUT2D eigenvalue weighted by atomic mass is 19.2. The molecule has 0 aliphatic carbocycles. The Bertz CT molecular complexity index is 448. The lowest BCUT2D eigenvalue weighted by Gasteiger charge is -2.11. The second-order valence-corrected chi connectivity index (χ2v) is 2.76. The number of methoxy groups -OCH3 is 2. The Hall–Kier alpha value is -1.92. The molecule has 2 N–H and O–H groups in total. The molecular formula is C9H8F3NO3. The van der Waals surface area contributed by atoms with Crippen molar-refractivity contribution in [3.63, 3.8) is 0 Å². The second-order valence-electron chi connectivity index (χ2n) is 2.76. The molecule has 0 saturated carbocycles. The van der Waals surface area contributed by atoms with E-state index >= 15 is 0 Å². The molecule has 4 nitrogen and oxygen atoms in total. The van der Waals surface area contributed by atoms with Gasteiger partial charge in [-0.3, -0.25) is 0 Å². The van der Waals surface area contributed by atoms with Gasteiger partial charge < -0.3 is 15.2 Å². The van der Waals surface area contributed by atoms with Crippen LogP contribution in [-0.4, -0.2) is 20.2 Å². The lowest BCUT2D eigenvalue weighted by atomic mass is 10.1. The van der Waals surface area contributed by atoms with Crippen LogP contribution in [-0.2, 0) is 4.74 Å². The standard InChI is InChI=1S/C9H8F3NO3/c1-15-8-3(9(14)16-2)4(10)7(13)5(11)6(8)12/h13H2,1-2H3. The molecule has 0 unspecified atom stereocenters. The number of carbonyl (C=O) groups is 1. The fraction of sp³-hybridized carbons (Fsp3) is 0.222. The van der Waals surface area contributed by atoms with Crippen molar-refractivity contribution in [3.05, 3.63) is 23.0 Å². The first-order valence-electron chi connectivity index (χ1n) is 4.03. The van der Waals surface area contributed by atoms with Crippen LogP contribution in [0.1, 0.15) is 10.4 Å². The van der Waals surface area contributed by atoms with Crippen molar-refractivity contribution in [2.75, 3.05) is 20.0 Å². The average molecular weight is 235 g/mol. The molecule has 0 bridgehead atoms. The minimum absolute atomic E-state index is 0.874. The first-order chi connectivity index (χ1) is 7.45. The first-order valence-corrected chi connectivity index (χ1v) is 4.03. The number of anilines is 1. The predicted molar refractivity (Wildman–Crippen MR) is 48.6 cm³/mol. The zero-order valence-corrected chi connectivity index (χ0v) is 8.44. The normalized spacial score (nSPS) is 10.1. The highest BCUT2D eigenvalue weighted by Gasteiger charge is 2.29. The summed E-state index contributed by atoms with van der Waals surface area (Å²) in [6, 6.07) is 0.